The van der Waals surface area contributed by atoms with Crippen molar-refractivity contribution in [2.75, 3.05) is 10.8 Å². The topological polar surface area (TPSA) is 102 Å². The van der Waals surface area contributed by atoms with Crippen LogP contribution in [0.1, 0.15) is 18.4 Å². The van der Waals surface area contributed by atoms with Crippen LogP contribution in [0.25, 0.3) is 11.4 Å². The number of fused-ring (bicyclic) bond motifs is 1. The Bertz CT molecular complexity index is 1340. The lowest BCUT2D eigenvalue weighted by Gasteiger charge is -2.35. The molecule has 1 aliphatic heterocycles. The van der Waals surface area contributed by atoms with E-state index in [0.717, 1.165) is 22.5 Å². The van der Waals surface area contributed by atoms with Crippen LogP contribution >= 0.6 is 0 Å². The first kappa shape index (κ1) is 23.6. The van der Waals surface area contributed by atoms with Crippen molar-refractivity contribution in [2.45, 2.75) is 30.0 Å². The summed E-state index contributed by atoms with van der Waals surface area (Å²) in [6.07, 6.45) is -2.48. The first-order valence-electron chi connectivity index (χ1n) is 10.2. The Kier molecular flexibility index (Phi) is 6.02. The highest BCUT2D eigenvalue weighted by atomic mass is 32.2. The number of anilines is 1. The fraction of sp³-hybridized carbons (Fsp3) is 0.273. The van der Waals surface area contributed by atoms with Crippen molar-refractivity contribution in [1.29, 1.82) is 0 Å². The van der Waals surface area contributed by atoms with Crippen LogP contribution in [-0.4, -0.2) is 41.7 Å². The van der Waals surface area contributed by atoms with Gasteiger partial charge in [0.05, 0.1) is 22.7 Å². The highest BCUT2D eigenvalue weighted by molar-refractivity contribution is 7.92. The van der Waals surface area contributed by atoms with E-state index in [1.54, 1.807) is 36.1 Å². The molecule has 0 aliphatic carbocycles. The molecular weight excluding hydrogens is 475 g/mol. The van der Waals surface area contributed by atoms with Gasteiger partial charge in [-0.25, -0.2) is 13.4 Å². The maximum absolute atomic E-state index is 13.5. The first-order chi connectivity index (χ1) is 16.0. The zero-order valence-electron chi connectivity index (χ0n) is 17.9. The summed E-state index contributed by atoms with van der Waals surface area (Å²) in [7, 11) is -2.69. The number of carboxylic acid groups (broad SMARTS) is 1. The quantitative estimate of drug-likeness (QED) is 0.556. The van der Waals surface area contributed by atoms with Gasteiger partial charge in [0.15, 0.2) is 0 Å². The molecule has 2 heterocycles. The standard InChI is InChI=1S/C22H20F3N3O5S/c1-27-10-9-26-21(27)14-5-7-19-18(11-14)28(13-16(33-19)6-8-20(29)30)34(31,32)17-4-2-3-15(12-17)22(23,24)25/h2-5,7,9-12,16H,6,8,13H2,1H3,(H,29,30). The number of alkyl halides is 3. The summed E-state index contributed by atoms with van der Waals surface area (Å²) >= 11 is 0. The van der Waals surface area contributed by atoms with E-state index in [2.05, 4.69) is 4.98 Å². The molecule has 3 aromatic rings. The number of rotatable bonds is 6. The van der Waals surface area contributed by atoms with Crippen molar-refractivity contribution in [1.82, 2.24) is 9.55 Å². The molecule has 1 N–H and O–H groups in total. The van der Waals surface area contributed by atoms with Crippen LogP contribution in [0.3, 0.4) is 0 Å². The second-order valence-corrected chi connectivity index (χ2v) is 9.64. The maximum atomic E-state index is 13.5. The summed E-state index contributed by atoms with van der Waals surface area (Å²) in [6.45, 7) is -0.261. The van der Waals surface area contributed by atoms with Crippen LogP contribution in [-0.2, 0) is 28.0 Å². The van der Waals surface area contributed by atoms with E-state index in [4.69, 9.17) is 9.84 Å². The highest BCUT2D eigenvalue weighted by Gasteiger charge is 2.37. The van der Waals surface area contributed by atoms with Crippen LogP contribution < -0.4 is 9.04 Å². The normalized spacial score (nSPS) is 16.1. The minimum atomic E-state index is -4.72. The minimum Gasteiger partial charge on any atom is -0.486 e. The summed E-state index contributed by atoms with van der Waals surface area (Å²) < 4.78 is 75.3. The van der Waals surface area contributed by atoms with Crippen LogP contribution in [0.4, 0.5) is 18.9 Å². The molecule has 34 heavy (non-hydrogen) atoms. The van der Waals surface area contributed by atoms with Crippen molar-refractivity contribution in [3.63, 3.8) is 0 Å². The van der Waals surface area contributed by atoms with Gasteiger partial charge in [-0.2, -0.15) is 13.2 Å². The van der Waals surface area contributed by atoms with Gasteiger partial charge >= 0.3 is 12.1 Å². The molecule has 0 saturated heterocycles. The van der Waals surface area contributed by atoms with Gasteiger partial charge in [0.1, 0.15) is 17.7 Å². The van der Waals surface area contributed by atoms with Crippen molar-refractivity contribution >= 4 is 21.7 Å². The third-order valence-corrected chi connectivity index (χ3v) is 7.18. The number of ether oxygens (including phenoxy) is 1. The number of nitrogens with zero attached hydrogens (tertiary/aromatic N) is 3. The summed E-state index contributed by atoms with van der Waals surface area (Å²) in [5, 5.41) is 9.01. The molecule has 0 radical (unpaired) electrons. The monoisotopic (exact) mass is 495 g/mol. The Balaban J connectivity index is 1.81. The summed E-state index contributed by atoms with van der Waals surface area (Å²) in [6, 6.07) is 8.26. The Morgan fingerprint density at radius 3 is 2.65 bits per heavy atom. The zero-order chi connectivity index (χ0) is 24.7. The van der Waals surface area contributed by atoms with Crippen LogP contribution in [0.15, 0.2) is 59.8 Å². The van der Waals surface area contributed by atoms with Gasteiger partial charge in [-0.1, -0.05) is 6.07 Å². The van der Waals surface area contributed by atoms with Crippen molar-refractivity contribution in [3.8, 4) is 17.1 Å². The predicted molar refractivity (Wildman–Crippen MR) is 116 cm³/mol. The van der Waals surface area contributed by atoms with Crippen LogP contribution in [0, 0.1) is 0 Å². The Labute approximate surface area is 193 Å². The van der Waals surface area contributed by atoms with E-state index in [9.17, 15) is 26.4 Å². The van der Waals surface area contributed by atoms with E-state index in [-0.39, 0.29) is 30.8 Å². The number of imidazole rings is 1. The second kappa shape index (κ2) is 8.67. The number of aryl methyl sites for hydroxylation is 1. The molecule has 0 saturated carbocycles. The van der Waals surface area contributed by atoms with Gasteiger partial charge in [0.2, 0.25) is 0 Å². The fourth-order valence-corrected chi connectivity index (χ4v) is 5.26. The largest absolute Gasteiger partial charge is 0.486 e. The lowest BCUT2D eigenvalue weighted by Crippen LogP contribution is -2.43. The van der Waals surface area contributed by atoms with E-state index < -0.39 is 38.7 Å². The van der Waals surface area contributed by atoms with Crippen molar-refractivity contribution in [3.05, 3.63) is 60.4 Å². The van der Waals surface area contributed by atoms with Gasteiger partial charge in [0, 0.05) is 31.4 Å². The molecule has 2 aromatic carbocycles. The number of aromatic nitrogens is 2. The molecule has 0 amide bonds. The van der Waals surface area contributed by atoms with E-state index >= 15 is 0 Å². The third-order valence-electron chi connectivity index (χ3n) is 5.40. The molecule has 8 nitrogen and oxygen atoms in total. The number of carbonyl (C=O) groups is 1. The number of aliphatic carboxylic acids is 1. The third kappa shape index (κ3) is 4.58. The highest BCUT2D eigenvalue weighted by Crippen LogP contribution is 2.41. The van der Waals surface area contributed by atoms with Crippen LogP contribution in [0.5, 0.6) is 5.75 Å². The zero-order valence-corrected chi connectivity index (χ0v) is 18.7. The number of benzene rings is 2. The molecule has 0 fully saturated rings. The molecular formula is C22H20F3N3O5S. The molecule has 1 aromatic heterocycles. The second-order valence-electron chi connectivity index (χ2n) is 7.78. The van der Waals surface area contributed by atoms with E-state index in [1.807, 2.05) is 0 Å². The molecule has 0 bridgehead atoms. The predicted octanol–water partition coefficient (Wildman–Crippen LogP) is 3.93. The lowest BCUT2D eigenvalue weighted by atomic mass is 10.1. The Morgan fingerprint density at radius 1 is 1.24 bits per heavy atom. The average molecular weight is 495 g/mol. The van der Waals surface area contributed by atoms with Crippen molar-refractivity contribution < 1.29 is 36.2 Å². The minimum absolute atomic E-state index is 0.0184. The van der Waals surface area contributed by atoms with Gasteiger partial charge in [-0.3, -0.25) is 9.10 Å². The number of hydrogen-bond acceptors (Lipinski definition) is 5. The SMILES string of the molecule is Cn1ccnc1-c1ccc2c(c1)N(S(=O)(=O)c1cccc(C(F)(F)F)c1)CC(CCC(=O)O)O2. The maximum Gasteiger partial charge on any atom is 0.416 e. The van der Waals surface area contributed by atoms with Gasteiger partial charge in [-0.05, 0) is 42.8 Å². The van der Waals surface area contributed by atoms with Gasteiger partial charge in [-0.15, -0.1) is 0 Å². The number of carboxylic acids is 1. The fourth-order valence-electron chi connectivity index (χ4n) is 3.72. The van der Waals surface area contributed by atoms with Gasteiger partial charge in [0.25, 0.3) is 10.0 Å². The molecule has 180 valence electrons. The summed E-state index contributed by atoms with van der Waals surface area (Å²) in [5.41, 5.74) is -0.390. The number of halogens is 3. The number of sulfonamides is 1. The molecule has 1 unspecified atom stereocenters. The van der Waals surface area contributed by atoms with E-state index in [1.165, 1.54) is 6.07 Å². The smallest absolute Gasteiger partial charge is 0.416 e. The van der Waals surface area contributed by atoms with E-state index in [0.29, 0.717) is 17.5 Å². The molecule has 4 rings (SSSR count). The summed E-state index contributed by atoms with van der Waals surface area (Å²) in [5.74, 6) is -0.353. The average Bonchev–Trinajstić information content (AvgIpc) is 3.22. The molecule has 1 atom stereocenters. The van der Waals surface area contributed by atoms with Crippen molar-refractivity contribution in [2.24, 2.45) is 7.05 Å². The number of hydrogen-bond donors (Lipinski definition) is 1. The first-order valence-corrected chi connectivity index (χ1v) is 11.6. The van der Waals surface area contributed by atoms with Crippen LogP contribution in [0.2, 0.25) is 0 Å². The Morgan fingerprint density at radius 2 is 2.00 bits per heavy atom. The lowest BCUT2D eigenvalue weighted by molar-refractivity contribution is -0.138. The molecule has 0 spiro atoms. The summed E-state index contributed by atoms with van der Waals surface area (Å²) in [4.78, 5) is 14.7. The molecule has 1 aliphatic rings. The Hall–Kier alpha value is -3.54. The van der Waals surface area contributed by atoms with Gasteiger partial charge < -0.3 is 14.4 Å². The molecule has 12 heteroatoms.